The Hall–Kier alpha value is -0.290. The molecule has 0 spiro atoms. The van der Waals surface area contributed by atoms with E-state index in [1.54, 1.807) is 11.8 Å². The van der Waals surface area contributed by atoms with E-state index in [4.69, 9.17) is 0 Å². The van der Waals surface area contributed by atoms with E-state index in [0.29, 0.717) is 25.9 Å². The highest BCUT2D eigenvalue weighted by Crippen LogP contribution is 2.33. The van der Waals surface area contributed by atoms with Crippen LogP contribution in [0.25, 0.3) is 0 Å². The number of alkyl halides is 3. The summed E-state index contributed by atoms with van der Waals surface area (Å²) in [5, 5.41) is 9.84. The fourth-order valence-corrected chi connectivity index (χ4v) is 2.06. The zero-order valence-corrected chi connectivity index (χ0v) is 9.85. The molecule has 96 valence electrons. The van der Waals surface area contributed by atoms with Crippen LogP contribution in [-0.4, -0.2) is 41.4 Å². The first-order chi connectivity index (χ1) is 7.24. The van der Waals surface area contributed by atoms with Gasteiger partial charge in [0.25, 0.3) is 0 Å². The van der Waals surface area contributed by atoms with E-state index in [9.17, 15) is 18.3 Å². The minimum absolute atomic E-state index is 0.0274. The van der Waals surface area contributed by atoms with Gasteiger partial charge in [0.1, 0.15) is 0 Å². The summed E-state index contributed by atoms with van der Waals surface area (Å²) in [4.78, 5) is 1.73. The van der Waals surface area contributed by atoms with Crippen LogP contribution in [0, 0.1) is 5.92 Å². The predicted molar refractivity (Wildman–Crippen MR) is 56.1 cm³/mol. The van der Waals surface area contributed by atoms with Gasteiger partial charge in [-0.25, -0.2) is 0 Å². The molecule has 2 atom stereocenters. The van der Waals surface area contributed by atoms with E-state index in [0.717, 1.165) is 0 Å². The topological polar surface area (TPSA) is 23.5 Å². The van der Waals surface area contributed by atoms with Crippen LogP contribution in [0.15, 0.2) is 0 Å². The van der Waals surface area contributed by atoms with Crippen molar-refractivity contribution < 1.29 is 18.3 Å². The molecule has 0 radical (unpaired) electrons. The molecule has 2 nitrogen and oxygen atoms in total. The lowest BCUT2D eigenvalue weighted by Crippen LogP contribution is -2.47. The Morgan fingerprint density at radius 3 is 2.50 bits per heavy atom. The lowest BCUT2D eigenvalue weighted by atomic mass is 9.95. The molecule has 1 aliphatic heterocycles. The minimum atomic E-state index is -4.10. The summed E-state index contributed by atoms with van der Waals surface area (Å²) in [6.45, 7) is 4.52. The summed E-state index contributed by atoms with van der Waals surface area (Å²) in [5.74, 6) is -1.23. The highest BCUT2D eigenvalue weighted by molar-refractivity contribution is 4.82. The minimum Gasteiger partial charge on any atom is -0.389 e. The molecule has 0 aromatic heterocycles. The van der Waals surface area contributed by atoms with Crippen molar-refractivity contribution in [3.63, 3.8) is 0 Å². The van der Waals surface area contributed by atoms with E-state index in [-0.39, 0.29) is 13.0 Å². The van der Waals surface area contributed by atoms with Crippen molar-refractivity contribution in [2.45, 2.75) is 44.9 Å². The number of likely N-dealkylation sites (tertiary alicyclic amines) is 1. The Morgan fingerprint density at radius 1 is 1.38 bits per heavy atom. The van der Waals surface area contributed by atoms with Crippen molar-refractivity contribution in [3.05, 3.63) is 0 Å². The Morgan fingerprint density at radius 2 is 2.00 bits per heavy atom. The summed E-state index contributed by atoms with van der Waals surface area (Å²) in [5.41, 5.74) is -0.881. The quantitative estimate of drug-likeness (QED) is 0.817. The average Bonchev–Trinajstić information content (AvgIpc) is 2.16. The molecule has 0 aromatic rings. The number of β-amino-alcohol motifs (C(OH)–C–C–N with tert-alkyl or cyclic N) is 1. The third-order valence-corrected chi connectivity index (χ3v) is 3.29. The van der Waals surface area contributed by atoms with Gasteiger partial charge < -0.3 is 5.11 Å². The molecular weight excluding hydrogens is 219 g/mol. The molecule has 0 saturated carbocycles. The van der Waals surface area contributed by atoms with Crippen LogP contribution in [0.5, 0.6) is 0 Å². The van der Waals surface area contributed by atoms with Crippen LogP contribution in [0.3, 0.4) is 0 Å². The standard InChI is InChI=1S/C11H20F3NO/c1-3-10(2,16)8-15-6-4-5-9(7-15)11(12,13)14/h9,16H,3-8H2,1-2H3. The van der Waals surface area contributed by atoms with Gasteiger partial charge >= 0.3 is 6.18 Å². The molecular formula is C11H20F3NO. The maximum Gasteiger partial charge on any atom is 0.393 e. The second kappa shape index (κ2) is 4.92. The summed E-state index contributed by atoms with van der Waals surface area (Å²) in [6.07, 6.45) is -2.77. The Kier molecular flexibility index (Phi) is 4.23. The summed E-state index contributed by atoms with van der Waals surface area (Å²) in [6, 6.07) is 0. The van der Waals surface area contributed by atoms with Crippen molar-refractivity contribution in [3.8, 4) is 0 Å². The fourth-order valence-electron chi connectivity index (χ4n) is 2.06. The SMILES string of the molecule is CCC(C)(O)CN1CCCC(C(F)(F)F)C1. The molecule has 0 aliphatic carbocycles. The normalized spacial score (nSPS) is 27.8. The van der Waals surface area contributed by atoms with Gasteiger partial charge in [-0.2, -0.15) is 13.2 Å². The van der Waals surface area contributed by atoms with E-state index >= 15 is 0 Å². The number of hydrogen-bond donors (Lipinski definition) is 1. The summed E-state index contributed by atoms with van der Waals surface area (Å²) >= 11 is 0. The molecule has 1 heterocycles. The monoisotopic (exact) mass is 239 g/mol. The molecule has 1 fully saturated rings. The van der Waals surface area contributed by atoms with Gasteiger partial charge in [-0.1, -0.05) is 6.92 Å². The number of aliphatic hydroxyl groups is 1. The molecule has 0 aromatic carbocycles. The van der Waals surface area contributed by atoms with E-state index in [1.165, 1.54) is 0 Å². The summed E-state index contributed by atoms with van der Waals surface area (Å²) < 4.78 is 37.6. The van der Waals surface area contributed by atoms with Crippen molar-refractivity contribution >= 4 is 0 Å². The van der Waals surface area contributed by atoms with E-state index in [1.807, 2.05) is 6.92 Å². The summed E-state index contributed by atoms with van der Waals surface area (Å²) in [7, 11) is 0. The van der Waals surface area contributed by atoms with Gasteiger partial charge in [-0.15, -0.1) is 0 Å². The largest absolute Gasteiger partial charge is 0.393 e. The zero-order valence-electron chi connectivity index (χ0n) is 9.85. The van der Waals surface area contributed by atoms with Gasteiger partial charge in [0.2, 0.25) is 0 Å². The molecule has 0 amide bonds. The Balaban J connectivity index is 2.51. The fraction of sp³-hybridized carbons (Fsp3) is 1.00. The van der Waals surface area contributed by atoms with Crippen LogP contribution >= 0.6 is 0 Å². The smallest absolute Gasteiger partial charge is 0.389 e. The number of nitrogens with zero attached hydrogens (tertiary/aromatic N) is 1. The van der Waals surface area contributed by atoms with Gasteiger partial charge in [-0.3, -0.25) is 4.90 Å². The predicted octanol–water partition coefficient (Wildman–Crippen LogP) is 2.42. The number of halogens is 3. The second-order valence-corrected chi connectivity index (χ2v) is 4.97. The molecule has 16 heavy (non-hydrogen) atoms. The molecule has 2 unspecified atom stereocenters. The van der Waals surface area contributed by atoms with Crippen LogP contribution in [0.2, 0.25) is 0 Å². The third-order valence-electron chi connectivity index (χ3n) is 3.29. The van der Waals surface area contributed by atoms with Crippen molar-refractivity contribution in [2.75, 3.05) is 19.6 Å². The van der Waals surface area contributed by atoms with Gasteiger partial charge in [-0.05, 0) is 32.7 Å². The van der Waals surface area contributed by atoms with Crippen LogP contribution < -0.4 is 0 Å². The van der Waals surface area contributed by atoms with Gasteiger partial charge in [0.15, 0.2) is 0 Å². The molecule has 1 saturated heterocycles. The first kappa shape index (κ1) is 13.8. The van der Waals surface area contributed by atoms with Gasteiger partial charge in [0.05, 0.1) is 11.5 Å². The first-order valence-corrected chi connectivity index (χ1v) is 5.76. The highest BCUT2D eigenvalue weighted by atomic mass is 19.4. The van der Waals surface area contributed by atoms with Crippen molar-refractivity contribution in [1.29, 1.82) is 0 Å². The molecule has 5 heteroatoms. The molecule has 1 rings (SSSR count). The lowest BCUT2D eigenvalue weighted by Gasteiger charge is -2.37. The number of rotatable bonds is 3. The lowest BCUT2D eigenvalue weighted by molar-refractivity contribution is -0.188. The Bertz CT molecular complexity index is 228. The molecule has 0 bridgehead atoms. The maximum absolute atomic E-state index is 12.5. The third kappa shape index (κ3) is 3.94. The van der Waals surface area contributed by atoms with Crippen molar-refractivity contribution in [2.24, 2.45) is 5.92 Å². The highest BCUT2D eigenvalue weighted by Gasteiger charge is 2.42. The van der Waals surface area contributed by atoms with Gasteiger partial charge in [0, 0.05) is 13.1 Å². The Labute approximate surface area is 94.4 Å². The van der Waals surface area contributed by atoms with Crippen LogP contribution in [0.1, 0.15) is 33.1 Å². The van der Waals surface area contributed by atoms with E-state index in [2.05, 4.69) is 0 Å². The van der Waals surface area contributed by atoms with Crippen LogP contribution in [0.4, 0.5) is 13.2 Å². The maximum atomic E-state index is 12.5. The van der Waals surface area contributed by atoms with Crippen molar-refractivity contribution in [1.82, 2.24) is 4.90 Å². The molecule has 1 N–H and O–H groups in total. The van der Waals surface area contributed by atoms with E-state index < -0.39 is 17.7 Å². The van der Waals surface area contributed by atoms with Crippen LogP contribution in [-0.2, 0) is 0 Å². The number of piperidine rings is 1. The average molecular weight is 239 g/mol. The second-order valence-electron chi connectivity index (χ2n) is 4.97. The molecule has 1 aliphatic rings. The zero-order chi connectivity index (χ0) is 12.4. The number of hydrogen-bond acceptors (Lipinski definition) is 2. The first-order valence-electron chi connectivity index (χ1n) is 5.76.